The van der Waals surface area contributed by atoms with Crippen molar-refractivity contribution < 1.29 is 0 Å². The molecule has 0 aliphatic heterocycles. The third-order valence-corrected chi connectivity index (χ3v) is 3.53. The first-order valence-electron chi connectivity index (χ1n) is 5.17. The van der Waals surface area contributed by atoms with E-state index in [0.717, 1.165) is 10.3 Å². The van der Waals surface area contributed by atoms with Crippen LogP contribution >= 0.6 is 15.9 Å². The van der Waals surface area contributed by atoms with Crippen molar-refractivity contribution in [2.24, 2.45) is 5.41 Å². The van der Waals surface area contributed by atoms with Crippen LogP contribution in [0, 0.1) is 5.41 Å². The Hall–Kier alpha value is -0.570. The Kier molecular flexibility index (Phi) is 3.77. The van der Waals surface area contributed by atoms with Crippen LogP contribution in [-0.4, -0.2) is 18.1 Å². The zero-order valence-electron chi connectivity index (χ0n) is 10.1. The first-order chi connectivity index (χ1) is 6.84. The van der Waals surface area contributed by atoms with E-state index in [0.29, 0.717) is 6.04 Å². The maximum atomic E-state index is 4.39. The Morgan fingerprint density at radius 1 is 1.40 bits per heavy atom. The van der Waals surface area contributed by atoms with Gasteiger partial charge in [0.2, 0.25) is 0 Å². The highest BCUT2D eigenvalue weighted by molar-refractivity contribution is 9.10. The van der Waals surface area contributed by atoms with Crippen LogP contribution in [0.1, 0.15) is 27.7 Å². The van der Waals surface area contributed by atoms with Crippen LogP contribution in [0.3, 0.4) is 0 Å². The smallest absolute Gasteiger partial charge is 0.142 e. The molecule has 0 aliphatic carbocycles. The molecule has 1 atom stereocenters. The third-order valence-electron chi connectivity index (χ3n) is 2.91. The van der Waals surface area contributed by atoms with Gasteiger partial charge in [0.1, 0.15) is 5.82 Å². The van der Waals surface area contributed by atoms with Gasteiger partial charge in [-0.3, -0.25) is 0 Å². The average Bonchev–Trinajstić information content (AvgIpc) is 2.15. The number of hydrogen-bond acceptors (Lipinski definition) is 2. The monoisotopic (exact) mass is 270 g/mol. The highest BCUT2D eigenvalue weighted by Gasteiger charge is 2.25. The molecule has 84 valence electrons. The van der Waals surface area contributed by atoms with Crippen LogP contribution in [0.2, 0.25) is 0 Å². The molecule has 0 spiro atoms. The summed E-state index contributed by atoms with van der Waals surface area (Å²) in [5.74, 6) is 1.000. The molecule has 0 saturated heterocycles. The molecular formula is C12H19BrN2. The van der Waals surface area contributed by atoms with Crippen molar-refractivity contribution in [2.75, 3.05) is 11.9 Å². The van der Waals surface area contributed by atoms with Gasteiger partial charge in [0.15, 0.2) is 0 Å². The SMILES string of the molecule is CC(N(C)c1ncccc1Br)C(C)(C)C. The normalized spacial score (nSPS) is 13.7. The second-order valence-electron chi connectivity index (χ2n) is 4.96. The van der Waals surface area contributed by atoms with Crippen molar-refractivity contribution in [2.45, 2.75) is 33.7 Å². The minimum atomic E-state index is 0.242. The number of pyridine rings is 1. The quantitative estimate of drug-likeness (QED) is 0.815. The van der Waals surface area contributed by atoms with E-state index in [1.165, 1.54) is 0 Å². The lowest BCUT2D eigenvalue weighted by Gasteiger charge is -2.36. The van der Waals surface area contributed by atoms with E-state index in [9.17, 15) is 0 Å². The van der Waals surface area contributed by atoms with Gasteiger partial charge in [-0.25, -0.2) is 4.98 Å². The fourth-order valence-electron chi connectivity index (χ4n) is 1.40. The van der Waals surface area contributed by atoms with Crippen molar-refractivity contribution in [1.29, 1.82) is 0 Å². The summed E-state index contributed by atoms with van der Waals surface area (Å²) in [6.07, 6.45) is 1.83. The number of rotatable bonds is 2. The third kappa shape index (κ3) is 2.94. The lowest BCUT2D eigenvalue weighted by molar-refractivity contribution is 0.328. The van der Waals surface area contributed by atoms with Crippen LogP contribution < -0.4 is 4.90 Å². The molecule has 0 N–H and O–H groups in total. The molecule has 1 rings (SSSR count). The van der Waals surface area contributed by atoms with E-state index in [2.05, 4.69) is 60.6 Å². The van der Waals surface area contributed by atoms with Gasteiger partial charge in [0, 0.05) is 19.3 Å². The number of aromatic nitrogens is 1. The molecule has 1 aromatic rings. The van der Waals surface area contributed by atoms with Crippen molar-refractivity contribution in [3.63, 3.8) is 0 Å². The molecule has 15 heavy (non-hydrogen) atoms. The number of anilines is 1. The van der Waals surface area contributed by atoms with Gasteiger partial charge in [-0.15, -0.1) is 0 Å². The molecule has 0 aliphatic rings. The summed E-state index contributed by atoms with van der Waals surface area (Å²) < 4.78 is 1.04. The summed E-state index contributed by atoms with van der Waals surface area (Å²) in [5, 5.41) is 0. The van der Waals surface area contributed by atoms with Crippen LogP contribution in [0.25, 0.3) is 0 Å². The van der Waals surface area contributed by atoms with E-state index in [1.54, 1.807) is 0 Å². The van der Waals surface area contributed by atoms with E-state index in [4.69, 9.17) is 0 Å². The second-order valence-corrected chi connectivity index (χ2v) is 5.82. The Balaban J connectivity index is 2.95. The standard InChI is InChI=1S/C12H19BrN2/c1-9(12(2,3)4)15(5)11-10(13)7-6-8-14-11/h6-9H,1-5H3. The lowest BCUT2D eigenvalue weighted by Crippen LogP contribution is -2.39. The molecule has 1 heterocycles. The first-order valence-corrected chi connectivity index (χ1v) is 5.96. The number of halogens is 1. The molecule has 2 nitrogen and oxygen atoms in total. The van der Waals surface area contributed by atoms with E-state index < -0.39 is 0 Å². The Bertz CT molecular complexity index is 331. The van der Waals surface area contributed by atoms with Gasteiger partial charge >= 0.3 is 0 Å². The molecule has 1 aromatic heterocycles. The van der Waals surface area contributed by atoms with Gasteiger partial charge in [-0.05, 0) is 40.4 Å². The summed E-state index contributed by atoms with van der Waals surface area (Å²) in [4.78, 5) is 6.60. The Morgan fingerprint density at radius 2 is 2.00 bits per heavy atom. The largest absolute Gasteiger partial charge is 0.356 e. The van der Waals surface area contributed by atoms with Gasteiger partial charge in [0.05, 0.1) is 4.47 Å². The lowest BCUT2D eigenvalue weighted by atomic mass is 9.87. The van der Waals surface area contributed by atoms with E-state index >= 15 is 0 Å². The fraction of sp³-hybridized carbons (Fsp3) is 0.583. The fourth-order valence-corrected chi connectivity index (χ4v) is 1.94. The molecule has 1 unspecified atom stereocenters. The van der Waals surface area contributed by atoms with Gasteiger partial charge in [-0.1, -0.05) is 20.8 Å². The van der Waals surface area contributed by atoms with Crippen molar-refractivity contribution in [3.8, 4) is 0 Å². The van der Waals surface area contributed by atoms with Crippen LogP contribution in [-0.2, 0) is 0 Å². The summed E-state index contributed by atoms with van der Waals surface area (Å²) in [5.41, 5.74) is 0.242. The van der Waals surface area contributed by atoms with Gasteiger partial charge in [-0.2, -0.15) is 0 Å². The van der Waals surface area contributed by atoms with Gasteiger partial charge in [0.25, 0.3) is 0 Å². The molecule has 0 bridgehead atoms. The summed E-state index contributed by atoms with van der Waals surface area (Å²) in [7, 11) is 2.09. The molecule has 3 heteroatoms. The summed E-state index contributed by atoms with van der Waals surface area (Å²) >= 11 is 3.53. The topological polar surface area (TPSA) is 16.1 Å². The first kappa shape index (κ1) is 12.5. The number of nitrogens with zero attached hydrogens (tertiary/aromatic N) is 2. The molecule has 0 amide bonds. The highest BCUT2D eigenvalue weighted by atomic mass is 79.9. The van der Waals surface area contributed by atoms with E-state index in [-0.39, 0.29) is 5.41 Å². The molecule has 0 radical (unpaired) electrons. The molecule has 0 saturated carbocycles. The summed E-state index contributed by atoms with van der Waals surface area (Å²) in [6.45, 7) is 8.95. The second kappa shape index (κ2) is 4.52. The zero-order chi connectivity index (χ0) is 11.6. The highest BCUT2D eigenvalue weighted by Crippen LogP contribution is 2.29. The minimum Gasteiger partial charge on any atom is -0.356 e. The van der Waals surface area contributed by atoms with Crippen LogP contribution in [0.4, 0.5) is 5.82 Å². The summed E-state index contributed by atoms with van der Waals surface area (Å²) in [6, 6.07) is 4.39. The predicted octanol–water partition coefficient (Wildman–Crippen LogP) is 3.71. The van der Waals surface area contributed by atoms with Crippen molar-refractivity contribution in [3.05, 3.63) is 22.8 Å². The molecule has 0 fully saturated rings. The average molecular weight is 271 g/mol. The Morgan fingerprint density at radius 3 is 2.47 bits per heavy atom. The zero-order valence-corrected chi connectivity index (χ0v) is 11.7. The van der Waals surface area contributed by atoms with Crippen LogP contribution in [0.15, 0.2) is 22.8 Å². The van der Waals surface area contributed by atoms with E-state index in [1.807, 2.05) is 18.3 Å². The maximum Gasteiger partial charge on any atom is 0.142 e. The molecular weight excluding hydrogens is 252 g/mol. The van der Waals surface area contributed by atoms with Crippen molar-refractivity contribution >= 4 is 21.7 Å². The predicted molar refractivity (Wildman–Crippen MR) is 69.3 cm³/mol. The number of hydrogen-bond donors (Lipinski definition) is 0. The van der Waals surface area contributed by atoms with Crippen molar-refractivity contribution in [1.82, 2.24) is 4.98 Å². The van der Waals surface area contributed by atoms with Gasteiger partial charge < -0.3 is 4.90 Å². The maximum absolute atomic E-state index is 4.39. The molecule has 0 aromatic carbocycles. The minimum absolute atomic E-state index is 0.242. The Labute approximate surface area is 101 Å². The van der Waals surface area contributed by atoms with Crippen LogP contribution in [0.5, 0.6) is 0 Å².